The van der Waals surface area contributed by atoms with Crippen molar-refractivity contribution in [1.82, 2.24) is 20.5 Å². The number of rotatable bonds is 6. The van der Waals surface area contributed by atoms with Gasteiger partial charge in [-0.05, 0) is 29.3 Å². The van der Waals surface area contributed by atoms with Gasteiger partial charge in [-0.25, -0.2) is 4.39 Å². The van der Waals surface area contributed by atoms with Crippen LogP contribution in [-0.4, -0.2) is 54.5 Å². The topological polar surface area (TPSA) is 83.6 Å². The molecule has 7 nitrogen and oxygen atoms in total. The first kappa shape index (κ1) is 19.9. The quantitative estimate of drug-likeness (QED) is 0.725. The van der Waals surface area contributed by atoms with E-state index in [-0.39, 0.29) is 24.9 Å². The average molecular weight is 386 g/mol. The van der Waals surface area contributed by atoms with Crippen LogP contribution >= 0.6 is 0 Å². The zero-order valence-corrected chi connectivity index (χ0v) is 15.4. The van der Waals surface area contributed by atoms with E-state index in [2.05, 4.69) is 20.5 Å². The van der Waals surface area contributed by atoms with Crippen molar-refractivity contribution in [2.24, 2.45) is 0 Å². The third-order valence-corrected chi connectivity index (χ3v) is 4.58. The molecule has 2 N–H and O–H groups in total. The van der Waals surface area contributed by atoms with Gasteiger partial charge in [-0.3, -0.25) is 19.5 Å². The molecule has 148 valence electrons. The molecule has 0 bridgehead atoms. The SMILES string of the molecule is O=C(NCc1ccc(F)cc1)C(=O)NCC(c1cccnc1)N1CCOCC1. The van der Waals surface area contributed by atoms with E-state index in [1.54, 1.807) is 24.5 Å². The Morgan fingerprint density at radius 2 is 1.82 bits per heavy atom. The second kappa shape index (κ2) is 9.91. The number of carbonyl (C=O) groups excluding carboxylic acids is 2. The second-order valence-corrected chi connectivity index (χ2v) is 6.47. The summed E-state index contributed by atoms with van der Waals surface area (Å²) in [6, 6.07) is 9.44. The molecule has 0 aliphatic carbocycles. The number of morpholine rings is 1. The standard InChI is InChI=1S/C20H23FN4O3/c21-17-5-3-15(4-6-17)12-23-19(26)20(27)24-14-18(16-2-1-7-22-13-16)25-8-10-28-11-9-25/h1-7,13,18H,8-12,14H2,(H,23,26)(H,24,27). The van der Waals surface area contributed by atoms with E-state index < -0.39 is 11.8 Å². The van der Waals surface area contributed by atoms with E-state index in [0.29, 0.717) is 18.8 Å². The van der Waals surface area contributed by atoms with Crippen LogP contribution in [0.2, 0.25) is 0 Å². The van der Waals surface area contributed by atoms with E-state index >= 15 is 0 Å². The van der Waals surface area contributed by atoms with Gasteiger partial charge in [0.25, 0.3) is 0 Å². The Morgan fingerprint density at radius 3 is 2.50 bits per heavy atom. The zero-order chi connectivity index (χ0) is 19.8. The van der Waals surface area contributed by atoms with Crippen molar-refractivity contribution in [3.8, 4) is 0 Å². The molecule has 1 fully saturated rings. The number of carbonyl (C=O) groups is 2. The van der Waals surface area contributed by atoms with Crippen molar-refractivity contribution >= 4 is 11.8 Å². The smallest absolute Gasteiger partial charge is 0.309 e. The molecule has 0 spiro atoms. The number of benzene rings is 1. The van der Waals surface area contributed by atoms with Crippen LogP contribution in [0.5, 0.6) is 0 Å². The maximum absolute atomic E-state index is 12.9. The van der Waals surface area contributed by atoms with Gasteiger partial charge in [0, 0.05) is 38.6 Å². The number of aromatic nitrogens is 1. The van der Waals surface area contributed by atoms with E-state index in [0.717, 1.165) is 18.7 Å². The summed E-state index contributed by atoms with van der Waals surface area (Å²) < 4.78 is 18.3. The van der Waals surface area contributed by atoms with Crippen molar-refractivity contribution in [2.75, 3.05) is 32.8 Å². The lowest BCUT2D eigenvalue weighted by molar-refractivity contribution is -0.139. The number of hydrogen-bond donors (Lipinski definition) is 2. The molecule has 0 radical (unpaired) electrons. The summed E-state index contributed by atoms with van der Waals surface area (Å²) in [5, 5.41) is 5.24. The van der Waals surface area contributed by atoms with Crippen LogP contribution in [0, 0.1) is 5.82 Å². The molecular formula is C20H23FN4O3. The van der Waals surface area contributed by atoms with Crippen LogP contribution in [0.25, 0.3) is 0 Å². The minimum absolute atomic E-state index is 0.0913. The Morgan fingerprint density at radius 1 is 1.11 bits per heavy atom. The number of pyridine rings is 1. The molecule has 28 heavy (non-hydrogen) atoms. The van der Waals surface area contributed by atoms with Gasteiger partial charge in [-0.15, -0.1) is 0 Å². The van der Waals surface area contributed by atoms with Crippen LogP contribution in [-0.2, 0) is 20.9 Å². The number of nitrogens with one attached hydrogen (secondary N) is 2. The first-order valence-corrected chi connectivity index (χ1v) is 9.15. The van der Waals surface area contributed by atoms with E-state index in [1.165, 1.54) is 12.1 Å². The van der Waals surface area contributed by atoms with Gasteiger partial charge in [0.15, 0.2) is 0 Å². The van der Waals surface area contributed by atoms with Crippen LogP contribution in [0.15, 0.2) is 48.8 Å². The predicted molar refractivity (Wildman–Crippen MR) is 101 cm³/mol. The van der Waals surface area contributed by atoms with Gasteiger partial charge in [0.05, 0.1) is 19.3 Å². The fourth-order valence-electron chi connectivity index (χ4n) is 3.05. The maximum Gasteiger partial charge on any atom is 0.309 e. The summed E-state index contributed by atoms with van der Waals surface area (Å²) in [5.74, 6) is -1.78. The van der Waals surface area contributed by atoms with Crippen LogP contribution in [0.4, 0.5) is 4.39 Å². The maximum atomic E-state index is 12.9. The second-order valence-electron chi connectivity index (χ2n) is 6.47. The summed E-state index contributed by atoms with van der Waals surface area (Å²) in [6.07, 6.45) is 3.46. The largest absolute Gasteiger partial charge is 0.379 e. The molecule has 1 aliphatic heterocycles. The number of halogens is 1. The molecule has 2 amide bonds. The highest BCUT2D eigenvalue weighted by molar-refractivity contribution is 6.35. The molecular weight excluding hydrogens is 363 g/mol. The first-order chi connectivity index (χ1) is 13.6. The molecule has 3 rings (SSSR count). The Labute approximate surface area is 162 Å². The van der Waals surface area contributed by atoms with Gasteiger partial charge < -0.3 is 15.4 Å². The lowest BCUT2D eigenvalue weighted by Gasteiger charge is -2.34. The van der Waals surface area contributed by atoms with Gasteiger partial charge in [-0.1, -0.05) is 18.2 Å². The molecule has 1 aliphatic rings. The Hall–Kier alpha value is -2.84. The van der Waals surface area contributed by atoms with Crippen LogP contribution in [0.1, 0.15) is 17.2 Å². The highest BCUT2D eigenvalue weighted by Gasteiger charge is 2.24. The van der Waals surface area contributed by atoms with E-state index in [1.807, 2.05) is 12.1 Å². The van der Waals surface area contributed by atoms with Crippen molar-refractivity contribution in [3.63, 3.8) is 0 Å². The van der Waals surface area contributed by atoms with Gasteiger partial charge in [0.1, 0.15) is 5.82 Å². The first-order valence-electron chi connectivity index (χ1n) is 9.15. The van der Waals surface area contributed by atoms with Crippen molar-refractivity contribution in [2.45, 2.75) is 12.6 Å². The minimum Gasteiger partial charge on any atom is -0.379 e. The minimum atomic E-state index is -0.726. The van der Waals surface area contributed by atoms with Crippen LogP contribution < -0.4 is 10.6 Å². The summed E-state index contributed by atoms with van der Waals surface area (Å²) in [5.41, 5.74) is 1.68. The molecule has 2 aromatic rings. The highest BCUT2D eigenvalue weighted by atomic mass is 19.1. The number of ether oxygens (including phenoxy) is 1. The Bertz CT molecular complexity index is 780. The fourth-order valence-corrected chi connectivity index (χ4v) is 3.05. The highest BCUT2D eigenvalue weighted by Crippen LogP contribution is 2.20. The average Bonchev–Trinajstić information content (AvgIpc) is 2.74. The lowest BCUT2D eigenvalue weighted by atomic mass is 10.1. The van der Waals surface area contributed by atoms with Crippen LogP contribution in [0.3, 0.4) is 0 Å². The van der Waals surface area contributed by atoms with E-state index in [9.17, 15) is 14.0 Å². The third kappa shape index (κ3) is 5.58. The van der Waals surface area contributed by atoms with Crippen molar-refractivity contribution in [3.05, 3.63) is 65.7 Å². The number of nitrogens with zero attached hydrogens (tertiary/aromatic N) is 2. The van der Waals surface area contributed by atoms with Gasteiger partial charge in [0.2, 0.25) is 0 Å². The molecule has 8 heteroatoms. The zero-order valence-electron chi connectivity index (χ0n) is 15.4. The van der Waals surface area contributed by atoms with Gasteiger partial charge >= 0.3 is 11.8 Å². The Balaban J connectivity index is 1.55. The molecule has 0 saturated carbocycles. The number of amides is 2. The third-order valence-electron chi connectivity index (χ3n) is 4.58. The fraction of sp³-hybridized carbons (Fsp3) is 0.350. The van der Waals surface area contributed by atoms with Gasteiger partial charge in [-0.2, -0.15) is 0 Å². The molecule has 1 atom stereocenters. The predicted octanol–water partition coefficient (Wildman–Crippen LogP) is 1.03. The summed E-state index contributed by atoms with van der Waals surface area (Å²) in [7, 11) is 0. The molecule has 2 heterocycles. The molecule has 1 aromatic heterocycles. The molecule has 1 saturated heterocycles. The van der Waals surface area contributed by atoms with Crippen molar-refractivity contribution in [1.29, 1.82) is 0 Å². The van der Waals surface area contributed by atoms with Crippen molar-refractivity contribution < 1.29 is 18.7 Å². The number of hydrogen-bond acceptors (Lipinski definition) is 5. The summed E-state index contributed by atoms with van der Waals surface area (Å²) >= 11 is 0. The monoisotopic (exact) mass is 386 g/mol. The molecule has 1 aromatic carbocycles. The Kier molecular flexibility index (Phi) is 7.05. The lowest BCUT2D eigenvalue weighted by Crippen LogP contribution is -2.46. The summed E-state index contributed by atoms with van der Waals surface area (Å²) in [4.78, 5) is 30.6. The normalized spacial score (nSPS) is 15.6. The summed E-state index contributed by atoms with van der Waals surface area (Å²) in [6.45, 7) is 3.18. The van der Waals surface area contributed by atoms with E-state index in [4.69, 9.17) is 4.74 Å². The molecule has 1 unspecified atom stereocenters.